The fourth-order valence-electron chi connectivity index (χ4n) is 2.77. The Labute approximate surface area is 126 Å². The number of esters is 1. The van der Waals surface area contributed by atoms with Crippen LogP contribution in [0.2, 0.25) is 0 Å². The van der Waals surface area contributed by atoms with Crippen LogP contribution in [0.5, 0.6) is 0 Å². The molecule has 0 aliphatic carbocycles. The van der Waals surface area contributed by atoms with E-state index in [-0.39, 0.29) is 18.1 Å². The van der Waals surface area contributed by atoms with Crippen LogP contribution in [-0.2, 0) is 14.3 Å². The van der Waals surface area contributed by atoms with Crippen LogP contribution in [-0.4, -0.2) is 56.9 Å². The molecule has 2 atom stereocenters. The SMILES string of the molecule is CCOC(=O)C1CNCCN1C(COC)c1ccccc1. The predicted molar refractivity (Wildman–Crippen MR) is 81.1 cm³/mol. The van der Waals surface area contributed by atoms with Gasteiger partial charge in [-0.15, -0.1) is 0 Å². The Kier molecular flexibility index (Phi) is 6.17. The number of nitrogens with zero attached hydrogens (tertiary/aromatic N) is 1. The lowest BCUT2D eigenvalue weighted by atomic mass is 10.0. The summed E-state index contributed by atoms with van der Waals surface area (Å²) in [5.41, 5.74) is 1.16. The molecule has 1 aromatic carbocycles. The molecule has 116 valence electrons. The molecule has 2 rings (SSSR count). The average Bonchev–Trinajstić information content (AvgIpc) is 2.54. The quantitative estimate of drug-likeness (QED) is 0.799. The Morgan fingerprint density at radius 3 is 2.86 bits per heavy atom. The predicted octanol–water partition coefficient (Wildman–Crippen LogP) is 1.21. The van der Waals surface area contributed by atoms with E-state index in [0.717, 1.165) is 18.7 Å². The number of benzene rings is 1. The standard InChI is InChI=1S/C16H24N2O3/c1-3-21-16(19)14-11-17-9-10-18(14)15(12-20-2)13-7-5-4-6-8-13/h4-8,14-15,17H,3,9-12H2,1-2H3. The first-order valence-electron chi connectivity index (χ1n) is 7.45. The van der Waals surface area contributed by atoms with Gasteiger partial charge in [0.2, 0.25) is 0 Å². The molecule has 1 aliphatic rings. The molecule has 0 spiro atoms. The Balaban J connectivity index is 2.21. The summed E-state index contributed by atoms with van der Waals surface area (Å²) in [5, 5.41) is 3.27. The van der Waals surface area contributed by atoms with Gasteiger partial charge in [0.25, 0.3) is 0 Å². The minimum Gasteiger partial charge on any atom is -0.465 e. The monoisotopic (exact) mass is 292 g/mol. The number of carbonyl (C=O) groups is 1. The molecule has 0 radical (unpaired) electrons. The Hall–Kier alpha value is -1.43. The van der Waals surface area contributed by atoms with Crippen molar-refractivity contribution >= 4 is 5.97 Å². The maximum absolute atomic E-state index is 12.2. The number of carbonyl (C=O) groups excluding carboxylic acids is 1. The number of hydrogen-bond acceptors (Lipinski definition) is 5. The lowest BCUT2D eigenvalue weighted by Gasteiger charge is -2.40. The number of rotatable bonds is 6. The van der Waals surface area contributed by atoms with Gasteiger partial charge in [-0.3, -0.25) is 9.69 Å². The van der Waals surface area contributed by atoms with E-state index in [4.69, 9.17) is 9.47 Å². The maximum atomic E-state index is 12.2. The molecule has 0 amide bonds. The van der Waals surface area contributed by atoms with Crippen molar-refractivity contribution < 1.29 is 14.3 Å². The Bertz CT molecular complexity index is 438. The van der Waals surface area contributed by atoms with Gasteiger partial charge in [0, 0.05) is 26.7 Å². The van der Waals surface area contributed by atoms with Crippen molar-refractivity contribution in [1.82, 2.24) is 10.2 Å². The van der Waals surface area contributed by atoms with Crippen LogP contribution in [0.3, 0.4) is 0 Å². The van der Waals surface area contributed by atoms with Crippen molar-refractivity contribution in [2.75, 3.05) is 40.0 Å². The fraction of sp³-hybridized carbons (Fsp3) is 0.562. The average molecular weight is 292 g/mol. The highest BCUT2D eigenvalue weighted by molar-refractivity contribution is 5.76. The van der Waals surface area contributed by atoms with Crippen molar-refractivity contribution in [3.63, 3.8) is 0 Å². The first-order valence-corrected chi connectivity index (χ1v) is 7.45. The number of ether oxygens (including phenoxy) is 2. The molecule has 1 aliphatic heterocycles. The van der Waals surface area contributed by atoms with E-state index in [1.54, 1.807) is 7.11 Å². The zero-order valence-corrected chi connectivity index (χ0v) is 12.7. The van der Waals surface area contributed by atoms with Gasteiger partial charge < -0.3 is 14.8 Å². The van der Waals surface area contributed by atoms with Gasteiger partial charge in [0.1, 0.15) is 6.04 Å². The van der Waals surface area contributed by atoms with Crippen molar-refractivity contribution in [2.45, 2.75) is 19.0 Å². The van der Waals surface area contributed by atoms with Gasteiger partial charge >= 0.3 is 5.97 Å². The van der Waals surface area contributed by atoms with Gasteiger partial charge in [-0.05, 0) is 12.5 Å². The molecule has 0 bridgehead atoms. The molecule has 5 nitrogen and oxygen atoms in total. The molecule has 1 N–H and O–H groups in total. The lowest BCUT2D eigenvalue weighted by molar-refractivity contribution is -0.152. The minimum atomic E-state index is -0.265. The zero-order valence-electron chi connectivity index (χ0n) is 12.7. The van der Waals surface area contributed by atoms with Crippen LogP contribution in [0, 0.1) is 0 Å². The van der Waals surface area contributed by atoms with Crippen molar-refractivity contribution in [2.24, 2.45) is 0 Å². The van der Waals surface area contributed by atoms with Crippen LogP contribution in [0.4, 0.5) is 0 Å². The number of methoxy groups -OCH3 is 1. The number of hydrogen-bond donors (Lipinski definition) is 1. The van der Waals surface area contributed by atoms with Gasteiger partial charge in [-0.2, -0.15) is 0 Å². The fourth-order valence-corrected chi connectivity index (χ4v) is 2.77. The molecule has 1 saturated heterocycles. The highest BCUT2D eigenvalue weighted by Crippen LogP contribution is 2.24. The third kappa shape index (κ3) is 4.03. The first kappa shape index (κ1) is 15.9. The summed E-state index contributed by atoms with van der Waals surface area (Å²) in [5.74, 6) is -0.165. The van der Waals surface area contributed by atoms with E-state index in [0.29, 0.717) is 19.8 Å². The summed E-state index contributed by atoms with van der Waals surface area (Å²) < 4.78 is 10.6. The summed E-state index contributed by atoms with van der Waals surface area (Å²) in [6.07, 6.45) is 0. The third-order valence-electron chi connectivity index (χ3n) is 3.75. The van der Waals surface area contributed by atoms with E-state index in [9.17, 15) is 4.79 Å². The molecule has 1 fully saturated rings. The third-order valence-corrected chi connectivity index (χ3v) is 3.75. The van der Waals surface area contributed by atoms with E-state index in [2.05, 4.69) is 22.3 Å². The van der Waals surface area contributed by atoms with Crippen LogP contribution in [0.1, 0.15) is 18.5 Å². The first-order chi connectivity index (χ1) is 10.3. The highest BCUT2D eigenvalue weighted by atomic mass is 16.5. The van der Waals surface area contributed by atoms with E-state index in [1.165, 1.54) is 0 Å². The van der Waals surface area contributed by atoms with Crippen LogP contribution < -0.4 is 5.32 Å². The molecule has 5 heteroatoms. The molecular weight excluding hydrogens is 268 g/mol. The zero-order chi connectivity index (χ0) is 15.1. The molecule has 2 unspecified atom stereocenters. The molecule has 1 heterocycles. The second kappa shape index (κ2) is 8.12. The minimum absolute atomic E-state index is 0.0627. The van der Waals surface area contributed by atoms with Crippen LogP contribution >= 0.6 is 0 Å². The summed E-state index contributed by atoms with van der Waals surface area (Å²) in [6.45, 7) is 5.08. The molecular formula is C16H24N2O3. The number of piperazine rings is 1. The van der Waals surface area contributed by atoms with Gasteiger partial charge in [-0.1, -0.05) is 30.3 Å². The van der Waals surface area contributed by atoms with Crippen LogP contribution in [0.15, 0.2) is 30.3 Å². The maximum Gasteiger partial charge on any atom is 0.324 e. The lowest BCUT2D eigenvalue weighted by Crippen LogP contribution is -2.57. The number of nitrogens with one attached hydrogen (secondary N) is 1. The van der Waals surface area contributed by atoms with Gasteiger partial charge in [-0.25, -0.2) is 0 Å². The van der Waals surface area contributed by atoms with E-state index < -0.39 is 0 Å². The highest BCUT2D eigenvalue weighted by Gasteiger charge is 2.35. The molecule has 0 aromatic heterocycles. The second-order valence-electron chi connectivity index (χ2n) is 5.09. The van der Waals surface area contributed by atoms with E-state index in [1.807, 2.05) is 25.1 Å². The Morgan fingerprint density at radius 2 is 2.19 bits per heavy atom. The normalized spacial score (nSPS) is 21.0. The largest absolute Gasteiger partial charge is 0.465 e. The topological polar surface area (TPSA) is 50.8 Å². The van der Waals surface area contributed by atoms with Crippen molar-refractivity contribution in [3.8, 4) is 0 Å². The summed E-state index contributed by atoms with van der Waals surface area (Å²) in [4.78, 5) is 14.4. The van der Waals surface area contributed by atoms with Gasteiger partial charge in [0.15, 0.2) is 0 Å². The van der Waals surface area contributed by atoms with Crippen LogP contribution in [0.25, 0.3) is 0 Å². The van der Waals surface area contributed by atoms with E-state index >= 15 is 0 Å². The molecule has 21 heavy (non-hydrogen) atoms. The molecule has 1 aromatic rings. The summed E-state index contributed by atoms with van der Waals surface area (Å²) >= 11 is 0. The Morgan fingerprint density at radius 1 is 1.43 bits per heavy atom. The second-order valence-corrected chi connectivity index (χ2v) is 5.09. The molecule has 0 saturated carbocycles. The van der Waals surface area contributed by atoms with Gasteiger partial charge in [0.05, 0.1) is 19.3 Å². The summed E-state index contributed by atoms with van der Waals surface area (Å²) in [7, 11) is 1.69. The van der Waals surface area contributed by atoms with Crippen molar-refractivity contribution in [3.05, 3.63) is 35.9 Å². The summed E-state index contributed by atoms with van der Waals surface area (Å²) in [6, 6.07) is 9.97. The smallest absolute Gasteiger partial charge is 0.324 e. The van der Waals surface area contributed by atoms with Crippen molar-refractivity contribution in [1.29, 1.82) is 0 Å².